The van der Waals surface area contributed by atoms with Crippen LogP contribution < -0.4 is 0 Å². The van der Waals surface area contributed by atoms with Gasteiger partial charge in [0.05, 0.1) is 0 Å². The van der Waals surface area contributed by atoms with Crippen molar-refractivity contribution in [1.82, 2.24) is 4.90 Å². The predicted molar refractivity (Wildman–Crippen MR) is 58.8 cm³/mol. The lowest BCUT2D eigenvalue weighted by molar-refractivity contribution is 0.00352. The van der Waals surface area contributed by atoms with Gasteiger partial charge < -0.3 is 0 Å². The highest BCUT2D eigenvalue weighted by Crippen LogP contribution is 2.32. The maximum Gasteiger partial charge on any atom is 0.00983 e. The molecule has 1 nitrogen and oxygen atoms in total. The molecule has 0 radical (unpaired) electrons. The molecule has 1 heteroatoms. The van der Waals surface area contributed by atoms with Gasteiger partial charge >= 0.3 is 0 Å². The van der Waals surface area contributed by atoms with Crippen LogP contribution in [0.15, 0.2) is 0 Å². The van der Waals surface area contributed by atoms with Gasteiger partial charge in [-0.1, -0.05) is 13.8 Å². The van der Waals surface area contributed by atoms with Crippen molar-refractivity contribution in [3.05, 3.63) is 0 Å². The zero-order valence-electron chi connectivity index (χ0n) is 10.0. The number of hydrogen-bond donors (Lipinski definition) is 0. The van der Waals surface area contributed by atoms with Crippen LogP contribution in [0.2, 0.25) is 0 Å². The normalized spacial score (nSPS) is 42.7. The molecule has 1 rings (SSSR count). The van der Waals surface area contributed by atoms with Crippen LogP contribution >= 0.6 is 0 Å². The van der Waals surface area contributed by atoms with Gasteiger partial charge in [-0.25, -0.2) is 0 Å². The topological polar surface area (TPSA) is 3.24 Å². The second-order valence-electron chi connectivity index (χ2n) is 5.21. The fourth-order valence-electron chi connectivity index (χ4n) is 2.88. The van der Waals surface area contributed by atoms with E-state index in [9.17, 15) is 0 Å². The lowest BCUT2D eigenvalue weighted by Crippen LogP contribution is -2.54. The molecule has 1 aliphatic rings. The van der Waals surface area contributed by atoms with E-state index in [1.54, 1.807) is 0 Å². The Morgan fingerprint density at radius 3 is 1.62 bits per heavy atom. The van der Waals surface area contributed by atoms with Gasteiger partial charge in [-0.05, 0) is 46.0 Å². The van der Waals surface area contributed by atoms with Crippen molar-refractivity contribution >= 4 is 0 Å². The molecular formula is C12H25N. The number of rotatable bonds is 1. The summed E-state index contributed by atoms with van der Waals surface area (Å²) in [5.74, 6) is 1.71. The first-order valence-electron chi connectivity index (χ1n) is 5.72. The van der Waals surface area contributed by atoms with Gasteiger partial charge in [0.15, 0.2) is 0 Å². The molecule has 0 saturated carbocycles. The maximum atomic E-state index is 2.68. The Morgan fingerprint density at radius 1 is 0.923 bits per heavy atom. The van der Waals surface area contributed by atoms with Gasteiger partial charge in [-0.3, -0.25) is 4.90 Å². The predicted octanol–water partition coefficient (Wildman–Crippen LogP) is 3.15. The summed E-state index contributed by atoms with van der Waals surface area (Å²) in [6.45, 7) is 14.2. The number of hydrogen-bond acceptors (Lipinski definition) is 1. The van der Waals surface area contributed by atoms with Gasteiger partial charge in [-0.2, -0.15) is 0 Å². The van der Waals surface area contributed by atoms with E-state index in [1.165, 1.54) is 6.42 Å². The van der Waals surface area contributed by atoms with Crippen molar-refractivity contribution in [3.8, 4) is 0 Å². The van der Waals surface area contributed by atoms with E-state index in [4.69, 9.17) is 0 Å². The van der Waals surface area contributed by atoms with Crippen molar-refractivity contribution in [1.29, 1.82) is 0 Å². The van der Waals surface area contributed by atoms with E-state index in [1.807, 2.05) is 0 Å². The van der Waals surface area contributed by atoms with E-state index in [0.717, 1.165) is 23.9 Å². The second-order valence-corrected chi connectivity index (χ2v) is 5.21. The van der Waals surface area contributed by atoms with E-state index < -0.39 is 0 Å². The fourth-order valence-corrected chi connectivity index (χ4v) is 2.88. The van der Waals surface area contributed by atoms with Crippen molar-refractivity contribution in [2.45, 2.75) is 66.1 Å². The molecule has 1 saturated heterocycles. The second kappa shape index (κ2) is 4.00. The molecule has 4 unspecified atom stereocenters. The third kappa shape index (κ3) is 2.07. The highest BCUT2D eigenvalue weighted by molar-refractivity contribution is 4.89. The summed E-state index contributed by atoms with van der Waals surface area (Å²) in [6.07, 6.45) is 1.39. The number of likely N-dealkylation sites (tertiary alicyclic amines) is 1. The quantitative estimate of drug-likeness (QED) is 0.603. The highest BCUT2D eigenvalue weighted by Gasteiger charge is 2.35. The molecule has 0 aromatic heterocycles. The third-order valence-corrected chi connectivity index (χ3v) is 3.93. The average molecular weight is 183 g/mol. The van der Waals surface area contributed by atoms with Gasteiger partial charge in [-0.15, -0.1) is 0 Å². The van der Waals surface area contributed by atoms with E-state index in [0.29, 0.717) is 6.04 Å². The fraction of sp³-hybridized carbons (Fsp3) is 1.00. The molecule has 1 heterocycles. The maximum absolute atomic E-state index is 2.68. The lowest BCUT2D eigenvalue weighted by atomic mass is 9.80. The van der Waals surface area contributed by atoms with Crippen LogP contribution in [0, 0.1) is 11.8 Å². The zero-order valence-corrected chi connectivity index (χ0v) is 10.0. The van der Waals surface area contributed by atoms with E-state index in [-0.39, 0.29) is 0 Å². The zero-order chi connectivity index (χ0) is 10.2. The Balaban J connectivity index is 2.76. The first-order valence-corrected chi connectivity index (χ1v) is 5.72. The molecule has 78 valence electrons. The average Bonchev–Trinajstić information content (AvgIpc) is 2.01. The van der Waals surface area contributed by atoms with Gasteiger partial charge in [0, 0.05) is 18.1 Å². The smallest absolute Gasteiger partial charge is 0.00983 e. The van der Waals surface area contributed by atoms with Gasteiger partial charge in [0.25, 0.3) is 0 Å². The molecule has 0 N–H and O–H groups in total. The Morgan fingerprint density at radius 2 is 1.31 bits per heavy atom. The molecule has 0 amide bonds. The van der Waals surface area contributed by atoms with E-state index >= 15 is 0 Å². The van der Waals surface area contributed by atoms with Crippen molar-refractivity contribution in [2.24, 2.45) is 11.8 Å². The lowest BCUT2D eigenvalue weighted by Gasteiger charge is -2.48. The Labute approximate surface area is 83.5 Å². The van der Waals surface area contributed by atoms with E-state index in [2.05, 4.69) is 46.4 Å². The Hall–Kier alpha value is -0.0400. The van der Waals surface area contributed by atoms with Crippen LogP contribution in [0.5, 0.6) is 0 Å². The summed E-state index contributed by atoms with van der Waals surface area (Å²) >= 11 is 0. The molecule has 13 heavy (non-hydrogen) atoms. The van der Waals surface area contributed by atoms with Crippen LogP contribution in [0.1, 0.15) is 48.0 Å². The van der Waals surface area contributed by atoms with Crippen molar-refractivity contribution in [2.75, 3.05) is 0 Å². The number of piperidine rings is 1. The molecule has 0 spiro atoms. The van der Waals surface area contributed by atoms with Crippen LogP contribution in [0.3, 0.4) is 0 Å². The van der Waals surface area contributed by atoms with Gasteiger partial charge in [0.1, 0.15) is 0 Å². The highest BCUT2D eigenvalue weighted by atomic mass is 15.2. The van der Waals surface area contributed by atoms with Crippen LogP contribution in [-0.4, -0.2) is 23.0 Å². The monoisotopic (exact) mass is 183 g/mol. The first kappa shape index (κ1) is 11.0. The van der Waals surface area contributed by atoms with Gasteiger partial charge in [0.2, 0.25) is 0 Å². The minimum atomic E-state index is 0.690. The molecular weight excluding hydrogens is 158 g/mol. The van der Waals surface area contributed by atoms with Crippen molar-refractivity contribution < 1.29 is 0 Å². The molecule has 0 bridgehead atoms. The summed E-state index contributed by atoms with van der Waals surface area (Å²) < 4.78 is 0. The molecule has 4 atom stereocenters. The minimum absolute atomic E-state index is 0.690. The summed E-state index contributed by atoms with van der Waals surface area (Å²) in [7, 11) is 0. The summed E-state index contributed by atoms with van der Waals surface area (Å²) in [4.78, 5) is 2.68. The van der Waals surface area contributed by atoms with Crippen LogP contribution in [0.4, 0.5) is 0 Å². The summed E-state index contributed by atoms with van der Waals surface area (Å²) in [6, 6.07) is 2.20. The first-order chi connectivity index (χ1) is 5.95. The molecule has 1 fully saturated rings. The molecule has 0 aromatic rings. The summed E-state index contributed by atoms with van der Waals surface area (Å²) in [5.41, 5.74) is 0. The van der Waals surface area contributed by atoms with Crippen molar-refractivity contribution in [3.63, 3.8) is 0 Å². The van der Waals surface area contributed by atoms with Crippen LogP contribution in [0.25, 0.3) is 0 Å². The summed E-state index contributed by atoms with van der Waals surface area (Å²) in [5, 5.41) is 0. The number of nitrogens with zero attached hydrogens (tertiary/aromatic N) is 1. The van der Waals surface area contributed by atoms with Crippen LogP contribution in [-0.2, 0) is 0 Å². The molecule has 0 aromatic carbocycles. The third-order valence-electron chi connectivity index (χ3n) is 3.93. The molecule has 0 aliphatic carbocycles. The standard InChI is InChI=1S/C12H25N/c1-8(2)13-11(5)9(3)7-10(4)12(13)6/h8-12H,7H2,1-6H3. The molecule has 1 aliphatic heterocycles. The largest absolute Gasteiger partial charge is 0.295 e. The Bertz CT molecular complexity index is 151. The Kier molecular flexibility index (Phi) is 3.39. The SMILES string of the molecule is CC1CC(C)C(C)N(C(C)C)C1C. The minimum Gasteiger partial charge on any atom is -0.295 e.